The molecule has 0 unspecified atom stereocenters. The van der Waals surface area contributed by atoms with E-state index in [1.165, 1.54) is 13.2 Å². The Hall–Kier alpha value is -1.95. The summed E-state index contributed by atoms with van der Waals surface area (Å²) in [7, 11) is 1.26. The number of nitrogens with zero attached hydrogens (tertiary/aromatic N) is 2. The monoisotopic (exact) mass is 252 g/mol. The smallest absolute Gasteiger partial charge is 0.356 e. The fourth-order valence-electron chi connectivity index (χ4n) is 1.18. The third-order valence-electron chi connectivity index (χ3n) is 1.82. The number of rotatable bonds is 4. The second-order valence-corrected chi connectivity index (χ2v) is 4.51. The maximum absolute atomic E-state index is 11.3. The third-order valence-corrected chi connectivity index (χ3v) is 1.82. The Morgan fingerprint density at radius 2 is 2.06 bits per heavy atom. The number of aromatic nitrogens is 1. The Balaban J connectivity index is 3.00. The molecule has 1 aromatic rings. The first-order valence-electron chi connectivity index (χ1n) is 5.36. The number of hydrogen-bond donors (Lipinski definition) is 0. The summed E-state index contributed by atoms with van der Waals surface area (Å²) in [6.45, 7) is 5.40. The van der Waals surface area contributed by atoms with Crippen LogP contribution in [0, 0.1) is 0 Å². The van der Waals surface area contributed by atoms with E-state index < -0.39 is 11.6 Å². The van der Waals surface area contributed by atoms with E-state index in [0.29, 0.717) is 6.41 Å². The van der Waals surface area contributed by atoms with Gasteiger partial charge in [0.2, 0.25) is 6.41 Å². The van der Waals surface area contributed by atoms with Gasteiger partial charge in [-0.05, 0) is 32.9 Å². The van der Waals surface area contributed by atoms with Gasteiger partial charge in [0.1, 0.15) is 0 Å². The van der Waals surface area contributed by atoms with Crippen molar-refractivity contribution in [3.63, 3.8) is 0 Å². The Kier molecular flexibility index (Phi) is 4.38. The van der Waals surface area contributed by atoms with Gasteiger partial charge in [-0.15, -0.1) is 0 Å². The fraction of sp³-hybridized carbons (Fsp3) is 0.417. The first-order chi connectivity index (χ1) is 8.37. The third kappa shape index (κ3) is 3.81. The molecule has 1 amide bonds. The molecular formula is C12H16N2O4. The maximum Gasteiger partial charge on any atom is 0.356 e. The summed E-state index contributed by atoms with van der Waals surface area (Å²) >= 11 is 0. The highest BCUT2D eigenvalue weighted by Crippen LogP contribution is 2.16. The number of pyridine rings is 1. The van der Waals surface area contributed by atoms with Crippen molar-refractivity contribution in [3.8, 4) is 0 Å². The first-order valence-corrected chi connectivity index (χ1v) is 5.36. The molecule has 98 valence electrons. The van der Waals surface area contributed by atoms with Crippen LogP contribution in [0.1, 0.15) is 31.3 Å². The van der Waals surface area contributed by atoms with Gasteiger partial charge in [0.15, 0.2) is 11.5 Å². The van der Waals surface area contributed by atoms with Crippen LogP contribution < -0.4 is 5.06 Å². The van der Waals surface area contributed by atoms with Gasteiger partial charge in [0.25, 0.3) is 0 Å². The predicted octanol–water partition coefficient (Wildman–Crippen LogP) is 1.56. The van der Waals surface area contributed by atoms with Crippen LogP contribution in [0.25, 0.3) is 0 Å². The summed E-state index contributed by atoms with van der Waals surface area (Å²) in [6.07, 6.45) is 0.495. The van der Waals surface area contributed by atoms with Crippen LogP contribution in [0.3, 0.4) is 0 Å². The summed E-state index contributed by atoms with van der Waals surface area (Å²) in [5.74, 6) is -0.346. The minimum Gasteiger partial charge on any atom is -0.464 e. The average molecular weight is 252 g/mol. The Bertz CT molecular complexity index is 440. The van der Waals surface area contributed by atoms with Gasteiger partial charge in [-0.3, -0.25) is 9.63 Å². The zero-order valence-electron chi connectivity index (χ0n) is 10.8. The average Bonchev–Trinajstić information content (AvgIpc) is 2.34. The molecule has 0 fully saturated rings. The molecule has 0 N–H and O–H groups in total. The molecular weight excluding hydrogens is 236 g/mol. The van der Waals surface area contributed by atoms with E-state index in [1.54, 1.807) is 32.9 Å². The van der Waals surface area contributed by atoms with Gasteiger partial charge >= 0.3 is 5.97 Å². The summed E-state index contributed by atoms with van der Waals surface area (Å²) in [4.78, 5) is 31.7. The van der Waals surface area contributed by atoms with Crippen molar-refractivity contribution < 1.29 is 19.2 Å². The van der Waals surface area contributed by atoms with Crippen LogP contribution in [-0.4, -0.2) is 30.1 Å². The minimum absolute atomic E-state index is 0.111. The normalized spacial score (nSPS) is 10.9. The number of carbonyl (C=O) groups is 2. The van der Waals surface area contributed by atoms with Crippen molar-refractivity contribution in [2.24, 2.45) is 0 Å². The van der Waals surface area contributed by atoms with Crippen LogP contribution in [0.15, 0.2) is 18.2 Å². The van der Waals surface area contributed by atoms with Gasteiger partial charge in [-0.25, -0.2) is 9.78 Å². The molecule has 0 aromatic carbocycles. The van der Waals surface area contributed by atoms with Crippen LogP contribution in [0.5, 0.6) is 0 Å². The van der Waals surface area contributed by atoms with Crippen molar-refractivity contribution in [1.82, 2.24) is 4.98 Å². The van der Waals surface area contributed by atoms with Crippen molar-refractivity contribution in [1.29, 1.82) is 0 Å². The highest BCUT2D eigenvalue weighted by molar-refractivity contribution is 5.87. The standard InChI is InChI=1S/C12H16N2O4/c1-12(2,3)18-14(8-15)10-7-5-6-9(13-10)11(16)17-4/h5-8H,1-4H3. The van der Waals surface area contributed by atoms with Gasteiger partial charge in [-0.1, -0.05) is 6.07 Å². The minimum atomic E-state index is -0.571. The van der Waals surface area contributed by atoms with Crippen LogP contribution >= 0.6 is 0 Å². The lowest BCUT2D eigenvalue weighted by atomic mass is 10.2. The lowest BCUT2D eigenvalue weighted by Crippen LogP contribution is -2.33. The summed E-state index contributed by atoms with van der Waals surface area (Å²) in [5, 5.41) is 0.979. The van der Waals surface area contributed by atoms with Crippen molar-refractivity contribution in [2.75, 3.05) is 12.2 Å². The molecule has 1 rings (SSSR count). The van der Waals surface area contributed by atoms with Gasteiger partial charge < -0.3 is 4.74 Å². The molecule has 0 radical (unpaired) electrons. The Labute approximate surface area is 105 Å². The summed E-state index contributed by atoms with van der Waals surface area (Å²) in [5.41, 5.74) is -0.441. The van der Waals surface area contributed by atoms with Crippen molar-refractivity contribution in [2.45, 2.75) is 26.4 Å². The molecule has 1 aromatic heterocycles. The summed E-state index contributed by atoms with van der Waals surface area (Å²) < 4.78 is 4.56. The fourth-order valence-corrected chi connectivity index (χ4v) is 1.18. The molecule has 18 heavy (non-hydrogen) atoms. The molecule has 0 bridgehead atoms. The highest BCUT2D eigenvalue weighted by Gasteiger charge is 2.19. The second-order valence-electron chi connectivity index (χ2n) is 4.51. The van der Waals surface area contributed by atoms with E-state index in [-0.39, 0.29) is 11.5 Å². The number of hydroxylamine groups is 1. The number of anilines is 1. The van der Waals surface area contributed by atoms with Gasteiger partial charge in [0.05, 0.1) is 12.7 Å². The van der Waals surface area contributed by atoms with E-state index in [1.807, 2.05) is 0 Å². The van der Waals surface area contributed by atoms with E-state index in [9.17, 15) is 9.59 Å². The molecule has 0 aliphatic heterocycles. The van der Waals surface area contributed by atoms with E-state index in [2.05, 4.69) is 9.72 Å². The largest absolute Gasteiger partial charge is 0.464 e. The first kappa shape index (κ1) is 14.1. The molecule has 0 atom stereocenters. The van der Waals surface area contributed by atoms with E-state index >= 15 is 0 Å². The maximum atomic E-state index is 11.3. The molecule has 0 saturated heterocycles. The molecule has 0 spiro atoms. The molecule has 0 saturated carbocycles. The lowest BCUT2D eigenvalue weighted by Gasteiger charge is -2.25. The number of methoxy groups -OCH3 is 1. The predicted molar refractivity (Wildman–Crippen MR) is 65.0 cm³/mol. The van der Waals surface area contributed by atoms with Gasteiger partial charge in [-0.2, -0.15) is 5.06 Å². The molecule has 6 nitrogen and oxygen atoms in total. The van der Waals surface area contributed by atoms with Crippen LogP contribution in [-0.2, 0) is 14.4 Å². The summed E-state index contributed by atoms with van der Waals surface area (Å²) in [6, 6.07) is 4.65. The molecule has 0 aliphatic rings. The number of hydrogen-bond acceptors (Lipinski definition) is 5. The van der Waals surface area contributed by atoms with Crippen molar-refractivity contribution in [3.05, 3.63) is 23.9 Å². The van der Waals surface area contributed by atoms with E-state index in [0.717, 1.165) is 5.06 Å². The van der Waals surface area contributed by atoms with Crippen LogP contribution in [0.2, 0.25) is 0 Å². The van der Waals surface area contributed by atoms with Gasteiger partial charge in [0, 0.05) is 0 Å². The second kappa shape index (κ2) is 5.59. The number of amides is 1. The Morgan fingerprint density at radius 3 is 2.56 bits per heavy atom. The van der Waals surface area contributed by atoms with Crippen molar-refractivity contribution >= 4 is 18.2 Å². The molecule has 1 heterocycles. The SMILES string of the molecule is COC(=O)c1cccc(N(C=O)OC(C)(C)C)n1. The van der Waals surface area contributed by atoms with Crippen LogP contribution in [0.4, 0.5) is 5.82 Å². The Morgan fingerprint density at radius 1 is 1.39 bits per heavy atom. The number of carbonyl (C=O) groups excluding carboxylic acids is 2. The zero-order chi connectivity index (χ0) is 13.8. The molecule has 6 heteroatoms. The topological polar surface area (TPSA) is 68.7 Å². The zero-order valence-corrected chi connectivity index (χ0v) is 10.8. The number of esters is 1. The number of ether oxygens (including phenoxy) is 1. The lowest BCUT2D eigenvalue weighted by molar-refractivity contribution is -0.120. The highest BCUT2D eigenvalue weighted by atomic mass is 16.7. The van der Waals surface area contributed by atoms with E-state index in [4.69, 9.17) is 4.84 Å². The quantitative estimate of drug-likeness (QED) is 0.462. The molecule has 0 aliphatic carbocycles.